The molecule has 2 aliphatic carbocycles. The van der Waals surface area contributed by atoms with Crippen molar-refractivity contribution in [2.45, 2.75) is 64.7 Å². The van der Waals surface area contributed by atoms with Gasteiger partial charge in [-0.3, -0.25) is 0 Å². The summed E-state index contributed by atoms with van der Waals surface area (Å²) in [7, 11) is 0. The third-order valence-electron chi connectivity index (χ3n) is 7.46. The first-order valence-corrected chi connectivity index (χ1v) is 12.0. The van der Waals surface area contributed by atoms with Crippen molar-refractivity contribution in [2.75, 3.05) is 13.2 Å². The van der Waals surface area contributed by atoms with Gasteiger partial charge in [-0.2, -0.15) is 0 Å². The highest BCUT2D eigenvalue weighted by molar-refractivity contribution is 5.66. The predicted octanol–water partition coefficient (Wildman–Crippen LogP) is 7.64. The Hall–Kier alpha value is -1.88. The van der Waals surface area contributed by atoms with Crippen molar-refractivity contribution in [3.63, 3.8) is 0 Å². The Balaban J connectivity index is 1.40. The first-order valence-electron chi connectivity index (χ1n) is 12.0. The molecule has 0 aromatic heterocycles. The van der Waals surface area contributed by atoms with E-state index in [0.29, 0.717) is 23.8 Å². The second-order valence-corrected chi connectivity index (χ2v) is 9.50. The molecule has 0 bridgehead atoms. The lowest BCUT2D eigenvalue weighted by atomic mass is 9.69. The molecular formula is C27H32F4O. The minimum absolute atomic E-state index is 0.0325. The molecule has 1 unspecified atom stereocenters. The van der Waals surface area contributed by atoms with E-state index < -0.39 is 23.3 Å². The molecule has 1 fully saturated rings. The quantitative estimate of drug-likeness (QED) is 0.240. The molecule has 2 aromatic carbocycles. The fourth-order valence-electron chi connectivity index (χ4n) is 5.62. The van der Waals surface area contributed by atoms with Crippen molar-refractivity contribution in [3.05, 3.63) is 58.7 Å². The van der Waals surface area contributed by atoms with E-state index in [1.54, 1.807) is 6.07 Å². The topological polar surface area (TPSA) is 9.23 Å². The molecule has 0 aliphatic heterocycles. The molecule has 2 aliphatic rings. The average molecular weight is 449 g/mol. The maximum atomic E-state index is 15.2. The van der Waals surface area contributed by atoms with E-state index in [9.17, 15) is 13.2 Å². The first-order chi connectivity index (χ1) is 15.5. The highest BCUT2D eigenvalue weighted by Gasteiger charge is 2.31. The van der Waals surface area contributed by atoms with Crippen LogP contribution < -0.4 is 0 Å². The number of ether oxygens (including phenoxy) is 1. The van der Waals surface area contributed by atoms with Crippen molar-refractivity contribution < 1.29 is 22.3 Å². The minimum Gasteiger partial charge on any atom is -0.381 e. The monoisotopic (exact) mass is 448 g/mol. The summed E-state index contributed by atoms with van der Waals surface area (Å²) in [4.78, 5) is 0. The SMILES string of the molecule is CCCOCCC1CCC(C2CCc3c(ccc(-c4cc(F)c(F)c(F)c4)c3F)C2)CC1. The van der Waals surface area contributed by atoms with Gasteiger partial charge in [0.05, 0.1) is 0 Å². The fraction of sp³-hybridized carbons (Fsp3) is 0.556. The maximum Gasteiger partial charge on any atom is 0.194 e. The molecule has 0 N–H and O–H groups in total. The number of rotatable bonds is 7. The largest absolute Gasteiger partial charge is 0.381 e. The molecule has 4 rings (SSSR count). The number of benzene rings is 2. The van der Waals surface area contributed by atoms with Gasteiger partial charge in [0.25, 0.3) is 0 Å². The van der Waals surface area contributed by atoms with Crippen LogP contribution in [0.5, 0.6) is 0 Å². The van der Waals surface area contributed by atoms with Gasteiger partial charge in [-0.1, -0.05) is 31.9 Å². The van der Waals surface area contributed by atoms with Crippen LogP contribution in [0.1, 0.15) is 63.0 Å². The molecule has 1 saturated carbocycles. The summed E-state index contributed by atoms with van der Waals surface area (Å²) in [6.07, 6.45) is 9.60. The molecule has 2 aromatic rings. The number of fused-ring (bicyclic) bond motifs is 1. The van der Waals surface area contributed by atoms with Crippen LogP contribution in [-0.4, -0.2) is 13.2 Å². The Kier molecular flexibility index (Phi) is 7.55. The lowest BCUT2D eigenvalue weighted by Crippen LogP contribution is -2.27. The van der Waals surface area contributed by atoms with E-state index in [-0.39, 0.29) is 11.1 Å². The van der Waals surface area contributed by atoms with Gasteiger partial charge >= 0.3 is 0 Å². The predicted molar refractivity (Wildman–Crippen MR) is 118 cm³/mol. The average Bonchev–Trinajstić information content (AvgIpc) is 2.80. The highest BCUT2D eigenvalue weighted by atomic mass is 19.2. The van der Waals surface area contributed by atoms with Crippen LogP contribution in [0.3, 0.4) is 0 Å². The van der Waals surface area contributed by atoms with Crippen molar-refractivity contribution in [2.24, 2.45) is 17.8 Å². The van der Waals surface area contributed by atoms with E-state index in [4.69, 9.17) is 4.74 Å². The van der Waals surface area contributed by atoms with Crippen LogP contribution in [0.25, 0.3) is 11.1 Å². The lowest BCUT2D eigenvalue weighted by Gasteiger charge is -2.36. The summed E-state index contributed by atoms with van der Waals surface area (Å²) in [6, 6.07) is 5.19. The Morgan fingerprint density at radius 2 is 1.56 bits per heavy atom. The zero-order valence-corrected chi connectivity index (χ0v) is 18.7. The van der Waals surface area contributed by atoms with Crippen molar-refractivity contribution in [1.82, 2.24) is 0 Å². The van der Waals surface area contributed by atoms with E-state index >= 15 is 4.39 Å². The number of hydrogen-bond donors (Lipinski definition) is 0. The molecule has 0 radical (unpaired) electrons. The van der Waals surface area contributed by atoms with Crippen LogP contribution in [0.2, 0.25) is 0 Å². The molecular weight excluding hydrogens is 416 g/mol. The molecule has 174 valence electrons. The van der Waals surface area contributed by atoms with Crippen molar-refractivity contribution >= 4 is 0 Å². The van der Waals surface area contributed by atoms with E-state index in [1.165, 1.54) is 25.7 Å². The summed E-state index contributed by atoms with van der Waals surface area (Å²) >= 11 is 0. The van der Waals surface area contributed by atoms with Crippen LogP contribution in [-0.2, 0) is 17.6 Å². The molecule has 0 spiro atoms. The van der Waals surface area contributed by atoms with E-state index in [2.05, 4.69) is 6.92 Å². The molecule has 1 atom stereocenters. The smallest absolute Gasteiger partial charge is 0.194 e. The third kappa shape index (κ3) is 5.03. The third-order valence-corrected chi connectivity index (χ3v) is 7.46. The second-order valence-electron chi connectivity index (χ2n) is 9.50. The van der Waals surface area contributed by atoms with Gasteiger partial charge in [0.2, 0.25) is 0 Å². The summed E-state index contributed by atoms with van der Waals surface area (Å²) in [6.45, 7) is 3.84. The van der Waals surface area contributed by atoms with Crippen LogP contribution in [0.15, 0.2) is 24.3 Å². The molecule has 32 heavy (non-hydrogen) atoms. The molecule has 0 saturated heterocycles. The normalized spacial score (nSPS) is 23.2. The summed E-state index contributed by atoms with van der Waals surface area (Å²) in [5.74, 6) is -2.56. The van der Waals surface area contributed by atoms with Crippen LogP contribution in [0.4, 0.5) is 17.6 Å². The van der Waals surface area contributed by atoms with Gasteiger partial charge in [-0.25, -0.2) is 17.6 Å². The van der Waals surface area contributed by atoms with Gasteiger partial charge in [-0.05, 0) is 91.5 Å². The standard InChI is InChI=1S/C27H32F4O/c1-2-12-32-13-11-17-3-5-18(6-4-17)19-7-9-22-20(14-19)8-10-23(26(22)30)21-15-24(28)27(31)25(29)16-21/h8,10,15-19H,2-7,9,11-14H2,1H3. The molecule has 1 nitrogen and oxygen atoms in total. The van der Waals surface area contributed by atoms with E-state index in [1.807, 2.05) is 6.07 Å². The second kappa shape index (κ2) is 10.4. The Morgan fingerprint density at radius 3 is 2.25 bits per heavy atom. The number of halogens is 4. The minimum atomic E-state index is -1.53. The highest BCUT2D eigenvalue weighted by Crippen LogP contribution is 2.42. The fourth-order valence-corrected chi connectivity index (χ4v) is 5.62. The zero-order valence-electron chi connectivity index (χ0n) is 18.7. The summed E-state index contributed by atoms with van der Waals surface area (Å²) < 4.78 is 61.5. The Labute approximate surface area is 188 Å². The maximum absolute atomic E-state index is 15.2. The van der Waals surface area contributed by atoms with E-state index in [0.717, 1.165) is 62.5 Å². The molecule has 5 heteroatoms. The van der Waals surface area contributed by atoms with Crippen LogP contribution in [0, 0.1) is 41.0 Å². The molecule has 0 heterocycles. The zero-order chi connectivity index (χ0) is 22.7. The van der Waals surface area contributed by atoms with Gasteiger partial charge in [0.1, 0.15) is 5.82 Å². The van der Waals surface area contributed by atoms with Gasteiger partial charge in [0.15, 0.2) is 17.5 Å². The lowest BCUT2D eigenvalue weighted by molar-refractivity contribution is 0.104. The molecule has 0 amide bonds. The van der Waals surface area contributed by atoms with Gasteiger partial charge < -0.3 is 4.74 Å². The van der Waals surface area contributed by atoms with Gasteiger partial charge in [-0.15, -0.1) is 0 Å². The first kappa shape index (κ1) is 23.3. The summed E-state index contributed by atoms with van der Waals surface area (Å²) in [5, 5.41) is 0. The Morgan fingerprint density at radius 1 is 0.844 bits per heavy atom. The number of hydrogen-bond acceptors (Lipinski definition) is 1. The van der Waals surface area contributed by atoms with Crippen molar-refractivity contribution in [3.8, 4) is 11.1 Å². The van der Waals surface area contributed by atoms with Crippen LogP contribution >= 0.6 is 0 Å². The Bertz CT molecular complexity index is 910. The van der Waals surface area contributed by atoms with Gasteiger partial charge in [0, 0.05) is 18.8 Å². The van der Waals surface area contributed by atoms with Crippen molar-refractivity contribution in [1.29, 1.82) is 0 Å². The summed E-state index contributed by atoms with van der Waals surface area (Å²) in [5.41, 5.74) is 1.81.